The van der Waals surface area contributed by atoms with Crippen molar-refractivity contribution in [3.05, 3.63) is 47.8 Å². The van der Waals surface area contributed by atoms with Crippen LogP contribution in [0.4, 0.5) is 0 Å². The van der Waals surface area contributed by atoms with E-state index in [-0.39, 0.29) is 11.3 Å². The second-order valence-electron chi connectivity index (χ2n) is 7.56. The summed E-state index contributed by atoms with van der Waals surface area (Å²) < 4.78 is 2.11. The molecule has 2 fully saturated rings. The summed E-state index contributed by atoms with van der Waals surface area (Å²) in [5, 5.41) is 3.44. The van der Waals surface area contributed by atoms with E-state index in [2.05, 4.69) is 26.8 Å². The molecule has 0 bridgehead atoms. The van der Waals surface area contributed by atoms with Crippen molar-refractivity contribution in [2.75, 3.05) is 13.1 Å². The van der Waals surface area contributed by atoms with Crippen molar-refractivity contribution in [2.24, 2.45) is 5.41 Å². The molecule has 1 amide bonds. The highest BCUT2D eigenvalue weighted by Crippen LogP contribution is 2.56. The fourth-order valence-corrected chi connectivity index (χ4v) is 4.33. The molecular weight excluding hydrogens is 326 g/mol. The largest absolute Gasteiger partial charge is 0.334 e. The van der Waals surface area contributed by atoms with Crippen molar-refractivity contribution in [2.45, 2.75) is 52.2 Å². The number of aryl methyl sites for hydroxylation is 2. The summed E-state index contributed by atoms with van der Waals surface area (Å²) in [4.78, 5) is 24.3. The molecule has 2 aliphatic rings. The molecule has 0 unspecified atom stereocenters. The van der Waals surface area contributed by atoms with Crippen LogP contribution in [0.5, 0.6) is 0 Å². The van der Waals surface area contributed by atoms with E-state index in [1.165, 1.54) is 0 Å². The summed E-state index contributed by atoms with van der Waals surface area (Å²) in [6, 6.07) is 4.13. The first-order valence-corrected chi connectivity index (χ1v) is 9.58. The number of rotatable bonds is 5. The van der Waals surface area contributed by atoms with Crippen LogP contribution in [0.3, 0.4) is 0 Å². The second kappa shape index (κ2) is 6.83. The summed E-state index contributed by atoms with van der Waals surface area (Å²) in [6.07, 6.45) is 8.89. The molecule has 6 nitrogen and oxygen atoms in total. The Morgan fingerprint density at radius 3 is 2.88 bits per heavy atom. The molecule has 0 aromatic carbocycles. The lowest BCUT2D eigenvalue weighted by Gasteiger charge is -2.29. The Morgan fingerprint density at radius 2 is 2.15 bits per heavy atom. The van der Waals surface area contributed by atoms with Crippen LogP contribution < -0.4 is 5.32 Å². The number of hydrogen-bond acceptors (Lipinski definition) is 4. The molecule has 2 aromatic rings. The molecular formula is C20H27N5O. The van der Waals surface area contributed by atoms with Crippen LogP contribution in [-0.2, 0) is 13.1 Å². The number of carbonyl (C=O) groups excluding carboxylic acids is 1. The monoisotopic (exact) mass is 353 g/mol. The fraction of sp³-hybridized carbons (Fsp3) is 0.550. The summed E-state index contributed by atoms with van der Waals surface area (Å²) in [5.41, 5.74) is 1.78. The quantitative estimate of drug-likeness (QED) is 0.896. The van der Waals surface area contributed by atoms with E-state index in [1.54, 1.807) is 6.20 Å². The third-order valence-corrected chi connectivity index (χ3v) is 6.05. The fourth-order valence-electron chi connectivity index (χ4n) is 4.33. The van der Waals surface area contributed by atoms with Gasteiger partial charge in [-0.15, -0.1) is 0 Å². The van der Waals surface area contributed by atoms with Crippen LogP contribution in [0.2, 0.25) is 0 Å². The molecule has 2 aromatic heterocycles. The lowest BCUT2D eigenvalue weighted by Crippen LogP contribution is -2.40. The number of carbonyl (C=O) groups is 1. The average molecular weight is 353 g/mol. The number of nitrogens with zero attached hydrogens (tertiary/aromatic N) is 4. The van der Waals surface area contributed by atoms with Crippen LogP contribution in [-0.4, -0.2) is 44.5 Å². The lowest BCUT2D eigenvalue weighted by atomic mass is 9.93. The predicted octanol–water partition coefficient (Wildman–Crippen LogP) is 2.39. The van der Waals surface area contributed by atoms with Crippen LogP contribution in [0.15, 0.2) is 30.7 Å². The zero-order chi connectivity index (χ0) is 18.1. The maximum absolute atomic E-state index is 13.4. The summed E-state index contributed by atoms with van der Waals surface area (Å²) >= 11 is 0. The Hall–Kier alpha value is -2.21. The van der Waals surface area contributed by atoms with Gasteiger partial charge in [0.05, 0.1) is 6.54 Å². The van der Waals surface area contributed by atoms with Gasteiger partial charge >= 0.3 is 0 Å². The minimum absolute atomic E-state index is 0.0363. The Labute approximate surface area is 154 Å². The number of amides is 1. The van der Waals surface area contributed by atoms with Crippen molar-refractivity contribution in [3.63, 3.8) is 0 Å². The summed E-state index contributed by atoms with van der Waals surface area (Å²) in [7, 11) is 0. The number of hydrogen-bond donors (Lipinski definition) is 1. The molecule has 4 rings (SSSR count). The van der Waals surface area contributed by atoms with Crippen LogP contribution in [0.1, 0.15) is 48.1 Å². The van der Waals surface area contributed by atoms with Gasteiger partial charge in [0.1, 0.15) is 11.5 Å². The lowest BCUT2D eigenvalue weighted by molar-refractivity contribution is 0.0678. The van der Waals surface area contributed by atoms with Crippen molar-refractivity contribution in [1.29, 1.82) is 0 Å². The molecule has 1 aliphatic carbocycles. The first kappa shape index (κ1) is 17.2. The Balaban J connectivity index is 1.64. The van der Waals surface area contributed by atoms with Gasteiger partial charge in [-0.25, -0.2) is 4.98 Å². The van der Waals surface area contributed by atoms with E-state index in [0.717, 1.165) is 50.3 Å². The van der Waals surface area contributed by atoms with E-state index < -0.39 is 0 Å². The minimum Gasteiger partial charge on any atom is -0.334 e. The molecule has 3 heterocycles. The smallest absolute Gasteiger partial charge is 0.273 e. The molecule has 1 N–H and O–H groups in total. The maximum Gasteiger partial charge on any atom is 0.273 e. The van der Waals surface area contributed by atoms with Crippen molar-refractivity contribution in [1.82, 2.24) is 24.8 Å². The number of nitrogens with one attached hydrogen (secondary N) is 1. The first-order valence-electron chi connectivity index (χ1n) is 9.58. The van der Waals surface area contributed by atoms with Crippen LogP contribution in [0, 0.1) is 12.3 Å². The highest BCUT2D eigenvalue weighted by Gasteiger charge is 2.58. The molecule has 1 saturated heterocycles. The molecule has 6 heteroatoms. The average Bonchev–Trinajstić information content (AvgIpc) is 3.14. The van der Waals surface area contributed by atoms with Crippen LogP contribution in [0.25, 0.3) is 0 Å². The number of piperidine rings is 1. The Bertz CT molecular complexity index is 793. The van der Waals surface area contributed by atoms with Gasteiger partial charge in [-0.05, 0) is 63.2 Å². The molecule has 138 valence electrons. The van der Waals surface area contributed by atoms with Gasteiger partial charge in [0, 0.05) is 31.2 Å². The second-order valence-corrected chi connectivity index (χ2v) is 7.56. The van der Waals surface area contributed by atoms with Gasteiger partial charge < -0.3 is 14.8 Å². The van der Waals surface area contributed by atoms with Gasteiger partial charge in [0.25, 0.3) is 5.91 Å². The molecule has 1 saturated carbocycles. The van der Waals surface area contributed by atoms with Gasteiger partial charge in [-0.3, -0.25) is 9.78 Å². The van der Waals surface area contributed by atoms with Gasteiger partial charge in [-0.1, -0.05) is 6.07 Å². The van der Waals surface area contributed by atoms with E-state index in [0.29, 0.717) is 18.3 Å². The predicted molar refractivity (Wildman–Crippen MR) is 99.7 cm³/mol. The van der Waals surface area contributed by atoms with Gasteiger partial charge in [0.2, 0.25) is 0 Å². The third-order valence-electron chi connectivity index (χ3n) is 6.05. The molecule has 1 aliphatic heterocycles. The topological polar surface area (TPSA) is 63.1 Å². The number of imidazole rings is 1. The summed E-state index contributed by atoms with van der Waals surface area (Å²) in [5.74, 6) is 0.986. The Morgan fingerprint density at radius 1 is 1.35 bits per heavy atom. The van der Waals surface area contributed by atoms with Crippen molar-refractivity contribution < 1.29 is 4.79 Å². The molecule has 26 heavy (non-hydrogen) atoms. The molecule has 0 radical (unpaired) electrons. The van der Waals surface area contributed by atoms with E-state index in [1.807, 2.05) is 36.4 Å². The SMILES string of the molecule is CCn1ccnc1CN(C(=O)c1ncccc1C)[C@@H]1CC12CCNCC2. The normalized spacial score (nSPS) is 20.9. The minimum atomic E-state index is 0.0363. The van der Waals surface area contributed by atoms with Crippen molar-refractivity contribution >= 4 is 5.91 Å². The van der Waals surface area contributed by atoms with E-state index >= 15 is 0 Å². The Kier molecular flexibility index (Phi) is 4.53. The zero-order valence-electron chi connectivity index (χ0n) is 15.6. The standard InChI is InChI=1S/C20H27N5O/c1-3-24-12-11-22-17(24)14-25(16-13-20(16)6-9-21-10-7-20)19(26)18-15(2)5-4-8-23-18/h4-5,8,11-12,16,21H,3,6-7,9-10,13-14H2,1-2H3/t16-/m1/s1. The van der Waals surface area contributed by atoms with Gasteiger partial charge in [-0.2, -0.15) is 0 Å². The van der Waals surface area contributed by atoms with Crippen LogP contribution >= 0.6 is 0 Å². The molecule has 1 atom stereocenters. The summed E-state index contributed by atoms with van der Waals surface area (Å²) in [6.45, 7) is 7.56. The van der Waals surface area contributed by atoms with Crippen molar-refractivity contribution in [3.8, 4) is 0 Å². The highest BCUT2D eigenvalue weighted by atomic mass is 16.2. The number of pyridine rings is 1. The molecule has 1 spiro atoms. The zero-order valence-corrected chi connectivity index (χ0v) is 15.6. The van der Waals surface area contributed by atoms with Gasteiger partial charge in [0.15, 0.2) is 0 Å². The highest BCUT2D eigenvalue weighted by molar-refractivity contribution is 5.94. The van der Waals surface area contributed by atoms with E-state index in [4.69, 9.17) is 0 Å². The number of aromatic nitrogens is 3. The van der Waals surface area contributed by atoms with E-state index in [9.17, 15) is 4.79 Å². The first-order chi connectivity index (χ1) is 12.6. The maximum atomic E-state index is 13.4. The third kappa shape index (κ3) is 3.03.